The van der Waals surface area contributed by atoms with Gasteiger partial charge in [0.05, 0.1) is 24.0 Å². The van der Waals surface area contributed by atoms with Gasteiger partial charge in [0.25, 0.3) is 5.91 Å². The van der Waals surface area contributed by atoms with E-state index in [2.05, 4.69) is 29.6 Å². The Morgan fingerprint density at radius 1 is 1.15 bits per heavy atom. The summed E-state index contributed by atoms with van der Waals surface area (Å²) in [7, 11) is 0. The Bertz CT molecular complexity index is 912. The van der Waals surface area contributed by atoms with E-state index in [1.165, 1.54) is 6.26 Å². The first kappa shape index (κ1) is 17.7. The predicted molar refractivity (Wildman–Crippen MR) is 97.6 cm³/mol. The number of nitrogens with one attached hydrogen (secondary N) is 2. The standard InChI is InChI=1S/C19H22N4O3/c1-12(2)23-16-8-5-4-7-14(16)15(22-23)11-20-18(24)13(3)21-19(25)17-9-6-10-26-17/h4-10,12-13H,11H2,1-3H3,(H,20,24)(H,21,25)/t13-/m0/s1. The molecule has 0 fully saturated rings. The van der Waals surface area contributed by atoms with Crippen molar-refractivity contribution in [3.05, 3.63) is 54.1 Å². The molecule has 26 heavy (non-hydrogen) atoms. The quantitative estimate of drug-likeness (QED) is 0.712. The number of para-hydroxylation sites is 1. The number of carbonyl (C=O) groups excluding carboxylic acids is 2. The molecule has 0 aliphatic rings. The van der Waals surface area contributed by atoms with E-state index in [9.17, 15) is 9.59 Å². The second-order valence-corrected chi connectivity index (χ2v) is 6.39. The fraction of sp³-hybridized carbons (Fsp3) is 0.316. The van der Waals surface area contributed by atoms with Crippen molar-refractivity contribution in [3.63, 3.8) is 0 Å². The molecule has 0 radical (unpaired) electrons. The highest BCUT2D eigenvalue weighted by atomic mass is 16.3. The van der Waals surface area contributed by atoms with Gasteiger partial charge in [-0.1, -0.05) is 18.2 Å². The van der Waals surface area contributed by atoms with Crippen LogP contribution in [-0.4, -0.2) is 27.6 Å². The van der Waals surface area contributed by atoms with E-state index < -0.39 is 11.9 Å². The molecule has 1 aromatic carbocycles. The summed E-state index contributed by atoms with van der Waals surface area (Å²) in [6, 6.07) is 10.6. The summed E-state index contributed by atoms with van der Waals surface area (Å²) in [5.41, 5.74) is 1.83. The molecule has 3 rings (SSSR count). The van der Waals surface area contributed by atoms with Crippen molar-refractivity contribution in [1.29, 1.82) is 0 Å². The van der Waals surface area contributed by atoms with E-state index in [0.29, 0.717) is 6.54 Å². The first-order valence-corrected chi connectivity index (χ1v) is 8.55. The van der Waals surface area contributed by atoms with Gasteiger partial charge in [-0.3, -0.25) is 14.3 Å². The van der Waals surface area contributed by atoms with E-state index in [1.807, 2.05) is 28.9 Å². The Morgan fingerprint density at radius 3 is 2.62 bits per heavy atom. The van der Waals surface area contributed by atoms with E-state index >= 15 is 0 Å². The molecule has 2 heterocycles. The minimum atomic E-state index is -0.689. The molecule has 2 amide bonds. The van der Waals surface area contributed by atoms with Gasteiger partial charge in [0.2, 0.25) is 5.91 Å². The van der Waals surface area contributed by atoms with Crippen LogP contribution in [0.5, 0.6) is 0 Å². The molecule has 0 unspecified atom stereocenters. The molecule has 3 aromatic rings. The number of hydrogen-bond acceptors (Lipinski definition) is 4. The minimum Gasteiger partial charge on any atom is -0.459 e. The van der Waals surface area contributed by atoms with Gasteiger partial charge in [-0.05, 0) is 39.0 Å². The second-order valence-electron chi connectivity index (χ2n) is 6.39. The lowest BCUT2D eigenvalue weighted by Crippen LogP contribution is -2.44. The summed E-state index contributed by atoms with van der Waals surface area (Å²) in [6.07, 6.45) is 1.41. The number of hydrogen-bond donors (Lipinski definition) is 2. The Labute approximate surface area is 151 Å². The first-order valence-electron chi connectivity index (χ1n) is 8.55. The number of amides is 2. The van der Waals surface area contributed by atoms with Crippen molar-refractivity contribution in [1.82, 2.24) is 20.4 Å². The topological polar surface area (TPSA) is 89.2 Å². The Hall–Kier alpha value is -3.09. The van der Waals surface area contributed by atoms with E-state index in [4.69, 9.17) is 4.42 Å². The summed E-state index contributed by atoms with van der Waals surface area (Å²) in [5, 5.41) is 11.1. The number of nitrogens with zero attached hydrogens (tertiary/aromatic N) is 2. The maximum Gasteiger partial charge on any atom is 0.287 e. The molecule has 0 spiro atoms. The van der Waals surface area contributed by atoms with Crippen molar-refractivity contribution < 1.29 is 14.0 Å². The molecule has 136 valence electrons. The van der Waals surface area contributed by atoms with Gasteiger partial charge in [0.1, 0.15) is 6.04 Å². The lowest BCUT2D eigenvalue weighted by molar-refractivity contribution is -0.122. The van der Waals surface area contributed by atoms with Crippen LogP contribution in [-0.2, 0) is 11.3 Å². The van der Waals surface area contributed by atoms with Crippen LogP contribution < -0.4 is 10.6 Å². The number of rotatable bonds is 6. The molecule has 0 aliphatic heterocycles. The van der Waals surface area contributed by atoms with Crippen molar-refractivity contribution in [2.45, 2.75) is 39.4 Å². The maximum atomic E-state index is 12.3. The van der Waals surface area contributed by atoms with Crippen molar-refractivity contribution in [2.24, 2.45) is 0 Å². The molecule has 0 saturated heterocycles. The third kappa shape index (κ3) is 3.61. The smallest absolute Gasteiger partial charge is 0.287 e. The fourth-order valence-electron chi connectivity index (χ4n) is 2.74. The second kappa shape index (κ2) is 7.43. The lowest BCUT2D eigenvalue weighted by Gasteiger charge is -2.12. The van der Waals surface area contributed by atoms with Crippen LogP contribution in [0.3, 0.4) is 0 Å². The summed E-state index contributed by atoms with van der Waals surface area (Å²) < 4.78 is 6.97. The Kier molecular flexibility index (Phi) is 5.06. The molecular weight excluding hydrogens is 332 g/mol. The fourth-order valence-corrected chi connectivity index (χ4v) is 2.74. The molecule has 7 nitrogen and oxygen atoms in total. The van der Waals surface area contributed by atoms with Gasteiger partial charge in [0, 0.05) is 11.4 Å². The van der Waals surface area contributed by atoms with E-state index in [0.717, 1.165) is 16.6 Å². The maximum absolute atomic E-state index is 12.3. The highest BCUT2D eigenvalue weighted by molar-refractivity contribution is 5.95. The normalized spacial score (nSPS) is 12.3. The van der Waals surface area contributed by atoms with E-state index in [1.54, 1.807) is 19.1 Å². The van der Waals surface area contributed by atoms with E-state index in [-0.39, 0.29) is 17.7 Å². The van der Waals surface area contributed by atoms with Gasteiger partial charge < -0.3 is 15.1 Å². The van der Waals surface area contributed by atoms with Gasteiger partial charge in [0.15, 0.2) is 5.76 Å². The van der Waals surface area contributed by atoms with Crippen LogP contribution >= 0.6 is 0 Å². The third-order valence-corrected chi connectivity index (χ3v) is 4.10. The molecule has 0 aliphatic carbocycles. The zero-order valence-electron chi connectivity index (χ0n) is 15.0. The molecule has 1 atom stereocenters. The molecular formula is C19H22N4O3. The minimum absolute atomic E-state index is 0.173. The van der Waals surface area contributed by atoms with Crippen molar-refractivity contribution in [3.8, 4) is 0 Å². The molecule has 0 saturated carbocycles. The lowest BCUT2D eigenvalue weighted by atomic mass is 10.2. The number of furan rings is 1. The highest BCUT2D eigenvalue weighted by Gasteiger charge is 2.19. The van der Waals surface area contributed by atoms with Crippen molar-refractivity contribution >= 4 is 22.7 Å². The first-order chi connectivity index (χ1) is 12.5. The summed E-state index contributed by atoms with van der Waals surface area (Å²) in [4.78, 5) is 24.3. The molecule has 7 heteroatoms. The number of fused-ring (bicyclic) bond motifs is 1. The average molecular weight is 354 g/mol. The van der Waals surface area contributed by atoms with Gasteiger partial charge in [-0.15, -0.1) is 0 Å². The summed E-state index contributed by atoms with van der Waals surface area (Å²) in [5.74, 6) is -0.536. The summed E-state index contributed by atoms with van der Waals surface area (Å²) in [6.45, 7) is 6.04. The van der Waals surface area contributed by atoms with Gasteiger partial charge in [-0.2, -0.15) is 5.10 Å². The number of benzene rings is 1. The number of carbonyl (C=O) groups is 2. The van der Waals surface area contributed by atoms with Crippen LogP contribution in [0, 0.1) is 0 Å². The van der Waals surface area contributed by atoms with Crippen molar-refractivity contribution in [2.75, 3.05) is 0 Å². The SMILES string of the molecule is CC(C)n1nc(CNC(=O)[C@H](C)NC(=O)c2ccco2)c2ccccc21. The van der Waals surface area contributed by atoms with Crippen LogP contribution in [0.25, 0.3) is 10.9 Å². The zero-order valence-corrected chi connectivity index (χ0v) is 15.0. The monoisotopic (exact) mass is 354 g/mol. The Morgan fingerprint density at radius 2 is 1.92 bits per heavy atom. The van der Waals surface area contributed by atoms with Crippen LogP contribution in [0.15, 0.2) is 47.1 Å². The predicted octanol–water partition coefficient (Wildman–Crippen LogP) is 2.64. The molecule has 2 N–H and O–H groups in total. The largest absolute Gasteiger partial charge is 0.459 e. The van der Waals surface area contributed by atoms with Gasteiger partial charge >= 0.3 is 0 Å². The summed E-state index contributed by atoms with van der Waals surface area (Å²) >= 11 is 0. The average Bonchev–Trinajstić information content (AvgIpc) is 3.27. The molecule has 2 aromatic heterocycles. The van der Waals surface area contributed by atoms with Crippen LogP contribution in [0.2, 0.25) is 0 Å². The van der Waals surface area contributed by atoms with Gasteiger partial charge in [-0.25, -0.2) is 0 Å². The zero-order chi connectivity index (χ0) is 18.7. The van der Waals surface area contributed by atoms with Crippen LogP contribution in [0.1, 0.15) is 43.1 Å². The molecule has 0 bridgehead atoms. The highest BCUT2D eigenvalue weighted by Crippen LogP contribution is 2.21. The number of aromatic nitrogens is 2. The Balaban J connectivity index is 1.66. The van der Waals surface area contributed by atoms with Crippen LogP contribution in [0.4, 0.5) is 0 Å². The third-order valence-electron chi connectivity index (χ3n) is 4.10.